The SMILES string of the molecule is Ic1n[nH]c2cnc(-c3cccnc3)cc12. The lowest BCUT2D eigenvalue weighted by Crippen LogP contribution is -1.84. The standard InChI is InChI=1S/C11H7IN4/c12-11-8-4-9(7-2-1-3-13-5-7)14-6-10(8)15-16-11/h1-6H,(H,15,16). The maximum Gasteiger partial charge on any atom is 0.131 e. The van der Waals surface area contributed by atoms with Gasteiger partial charge in [-0.2, -0.15) is 5.10 Å². The Morgan fingerprint density at radius 2 is 2.19 bits per heavy atom. The number of rotatable bonds is 1. The molecule has 0 aromatic carbocycles. The fourth-order valence-corrected chi connectivity index (χ4v) is 2.12. The molecule has 0 fully saturated rings. The molecule has 16 heavy (non-hydrogen) atoms. The fraction of sp³-hybridized carbons (Fsp3) is 0. The molecular formula is C11H7IN4. The van der Waals surface area contributed by atoms with E-state index < -0.39 is 0 Å². The monoisotopic (exact) mass is 322 g/mol. The van der Waals surface area contributed by atoms with E-state index in [4.69, 9.17) is 0 Å². The summed E-state index contributed by atoms with van der Waals surface area (Å²) in [7, 11) is 0. The Kier molecular flexibility index (Phi) is 2.32. The van der Waals surface area contributed by atoms with Crippen molar-refractivity contribution in [2.45, 2.75) is 0 Å². The van der Waals surface area contributed by atoms with Crippen LogP contribution in [0.3, 0.4) is 0 Å². The van der Waals surface area contributed by atoms with Crippen molar-refractivity contribution in [2.75, 3.05) is 0 Å². The molecule has 3 heterocycles. The summed E-state index contributed by atoms with van der Waals surface area (Å²) in [5.74, 6) is 0. The van der Waals surface area contributed by atoms with Crippen LogP contribution in [-0.2, 0) is 0 Å². The van der Waals surface area contributed by atoms with E-state index >= 15 is 0 Å². The zero-order valence-corrected chi connectivity index (χ0v) is 10.3. The summed E-state index contributed by atoms with van der Waals surface area (Å²) in [6, 6.07) is 5.92. The van der Waals surface area contributed by atoms with Gasteiger partial charge < -0.3 is 0 Å². The van der Waals surface area contributed by atoms with Crippen LogP contribution in [0.2, 0.25) is 0 Å². The Hall–Kier alpha value is -1.50. The first-order valence-corrected chi connectivity index (χ1v) is 5.82. The molecule has 0 amide bonds. The third-order valence-electron chi connectivity index (χ3n) is 2.36. The van der Waals surface area contributed by atoms with Crippen LogP contribution in [0.4, 0.5) is 0 Å². The Labute approximate surface area is 105 Å². The molecule has 0 saturated carbocycles. The van der Waals surface area contributed by atoms with Gasteiger partial charge in [0.1, 0.15) is 3.70 Å². The number of pyridine rings is 2. The van der Waals surface area contributed by atoms with Crippen LogP contribution in [0.5, 0.6) is 0 Å². The topological polar surface area (TPSA) is 54.5 Å². The number of aromatic nitrogens is 4. The molecule has 0 atom stereocenters. The number of H-pyrrole nitrogens is 1. The van der Waals surface area contributed by atoms with Crippen molar-refractivity contribution in [2.24, 2.45) is 0 Å². The van der Waals surface area contributed by atoms with Gasteiger partial charge in [-0.1, -0.05) is 0 Å². The van der Waals surface area contributed by atoms with Gasteiger partial charge in [0.25, 0.3) is 0 Å². The molecule has 0 aliphatic carbocycles. The minimum absolute atomic E-state index is 0.917. The Morgan fingerprint density at radius 3 is 3.00 bits per heavy atom. The van der Waals surface area contributed by atoms with Crippen LogP contribution in [0.25, 0.3) is 22.2 Å². The largest absolute Gasteiger partial charge is 0.275 e. The van der Waals surface area contributed by atoms with Crippen LogP contribution in [0.15, 0.2) is 36.8 Å². The first kappa shape index (κ1) is 9.71. The van der Waals surface area contributed by atoms with Crippen molar-refractivity contribution < 1.29 is 0 Å². The average Bonchev–Trinajstić information content (AvgIpc) is 2.72. The molecule has 0 aliphatic heterocycles. The maximum atomic E-state index is 4.38. The number of fused-ring (bicyclic) bond motifs is 1. The lowest BCUT2D eigenvalue weighted by molar-refractivity contribution is 1.09. The van der Waals surface area contributed by atoms with Gasteiger partial charge in [-0.15, -0.1) is 0 Å². The van der Waals surface area contributed by atoms with Crippen LogP contribution >= 0.6 is 22.6 Å². The zero-order valence-electron chi connectivity index (χ0n) is 8.18. The van der Waals surface area contributed by atoms with Crippen molar-refractivity contribution >= 4 is 33.5 Å². The molecule has 5 heteroatoms. The molecule has 0 spiro atoms. The van der Waals surface area contributed by atoms with Gasteiger partial charge in [-0.25, -0.2) is 0 Å². The molecule has 4 nitrogen and oxygen atoms in total. The molecule has 78 valence electrons. The fourth-order valence-electron chi connectivity index (χ4n) is 1.56. The van der Waals surface area contributed by atoms with E-state index in [2.05, 4.69) is 42.8 Å². The maximum absolute atomic E-state index is 4.38. The van der Waals surface area contributed by atoms with Crippen molar-refractivity contribution in [1.29, 1.82) is 0 Å². The van der Waals surface area contributed by atoms with Gasteiger partial charge in [0.2, 0.25) is 0 Å². The van der Waals surface area contributed by atoms with Gasteiger partial charge >= 0.3 is 0 Å². The van der Waals surface area contributed by atoms with E-state index in [1.165, 1.54) is 0 Å². The molecule has 3 rings (SSSR count). The van der Waals surface area contributed by atoms with Crippen LogP contribution < -0.4 is 0 Å². The highest BCUT2D eigenvalue weighted by Gasteiger charge is 2.05. The van der Waals surface area contributed by atoms with E-state index in [1.54, 1.807) is 18.6 Å². The van der Waals surface area contributed by atoms with Crippen molar-refractivity contribution in [1.82, 2.24) is 20.2 Å². The van der Waals surface area contributed by atoms with E-state index in [-0.39, 0.29) is 0 Å². The van der Waals surface area contributed by atoms with E-state index in [0.717, 1.165) is 25.9 Å². The Bertz CT molecular complexity index is 633. The number of nitrogens with zero attached hydrogens (tertiary/aromatic N) is 3. The third-order valence-corrected chi connectivity index (χ3v) is 3.18. The van der Waals surface area contributed by atoms with E-state index in [1.807, 2.05) is 18.2 Å². The number of nitrogens with one attached hydrogen (secondary N) is 1. The normalized spacial score (nSPS) is 10.8. The molecular weight excluding hydrogens is 315 g/mol. The predicted molar refractivity (Wildman–Crippen MR) is 69.8 cm³/mol. The third kappa shape index (κ3) is 1.57. The quantitative estimate of drug-likeness (QED) is 0.701. The first-order chi connectivity index (χ1) is 7.84. The molecule has 0 bridgehead atoms. The van der Waals surface area contributed by atoms with Gasteiger partial charge in [-0.05, 0) is 40.8 Å². The number of hydrogen-bond donors (Lipinski definition) is 1. The number of hydrogen-bond acceptors (Lipinski definition) is 3. The summed E-state index contributed by atoms with van der Waals surface area (Å²) in [4.78, 5) is 8.46. The van der Waals surface area contributed by atoms with Crippen molar-refractivity contribution in [3.05, 3.63) is 40.5 Å². The van der Waals surface area contributed by atoms with Crippen molar-refractivity contribution in [3.63, 3.8) is 0 Å². The summed E-state index contributed by atoms with van der Waals surface area (Å²) < 4.78 is 0.958. The summed E-state index contributed by atoms with van der Waals surface area (Å²) in [5.41, 5.74) is 2.89. The highest BCUT2D eigenvalue weighted by molar-refractivity contribution is 14.1. The predicted octanol–water partition coefficient (Wildman–Crippen LogP) is 2.62. The Morgan fingerprint density at radius 1 is 1.25 bits per heavy atom. The number of aromatic amines is 1. The lowest BCUT2D eigenvalue weighted by Gasteiger charge is -1.99. The minimum Gasteiger partial charge on any atom is -0.275 e. The zero-order chi connectivity index (χ0) is 11.0. The molecule has 3 aromatic rings. The molecule has 0 unspecified atom stereocenters. The van der Waals surface area contributed by atoms with Crippen LogP contribution in [0.1, 0.15) is 0 Å². The second-order valence-electron chi connectivity index (χ2n) is 3.37. The molecule has 1 N–H and O–H groups in total. The van der Waals surface area contributed by atoms with Gasteiger partial charge in [0.05, 0.1) is 17.4 Å². The van der Waals surface area contributed by atoms with Crippen LogP contribution in [-0.4, -0.2) is 20.2 Å². The lowest BCUT2D eigenvalue weighted by atomic mass is 10.1. The summed E-state index contributed by atoms with van der Waals surface area (Å²) >= 11 is 2.20. The molecule has 0 saturated heterocycles. The molecule has 0 aliphatic rings. The van der Waals surface area contributed by atoms with Crippen molar-refractivity contribution in [3.8, 4) is 11.3 Å². The van der Waals surface area contributed by atoms with Gasteiger partial charge in [-0.3, -0.25) is 15.1 Å². The van der Waals surface area contributed by atoms with Gasteiger partial charge in [0.15, 0.2) is 0 Å². The summed E-state index contributed by atoms with van der Waals surface area (Å²) in [5, 5.41) is 8.16. The highest BCUT2D eigenvalue weighted by atomic mass is 127. The Balaban J connectivity index is 2.22. The smallest absolute Gasteiger partial charge is 0.131 e. The highest BCUT2D eigenvalue weighted by Crippen LogP contribution is 2.22. The average molecular weight is 322 g/mol. The summed E-state index contributed by atoms with van der Waals surface area (Å²) in [6.07, 6.45) is 5.36. The van der Waals surface area contributed by atoms with E-state index in [0.29, 0.717) is 0 Å². The number of halogens is 1. The summed E-state index contributed by atoms with van der Waals surface area (Å²) in [6.45, 7) is 0. The van der Waals surface area contributed by atoms with E-state index in [9.17, 15) is 0 Å². The minimum atomic E-state index is 0.917. The van der Waals surface area contributed by atoms with Crippen LogP contribution in [0, 0.1) is 3.70 Å². The second-order valence-corrected chi connectivity index (χ2v) is 4.39. The molecule has 3 aromatic heterocycles. The van der Waals surface area contributed by atoms with Gasteiger partial charge in [0, 0.05) is 23.3 Å². The first-order valence-electron chi connectivity index (χ1n) is 4.74. The molecule has 0 radical (unpaired) electrons. The second kappa shape index (κ2) is 3.82.